The molecule has 4 nitrogen and oxygen atoms in total. The van der Waals surface area contributed by atoms with Gasteiger partial charge in [0.2, 0.25) is 0 Å². The molecule has 0 spiro atoms. The van der Waals surface area contributed by atoms with Gasteiger partial charge in [0.05, 0.1) is 12.5 Å². The fourth-order valence-electron chi connectivity index (χ4n) is 2.57. The van der Waals surface area contributed by atoms with Gasteiger partial charge in [0.25, 0.3) is 0 Å². The second-order valence-corrected chi connectivity index (χ2v) is 4.94. The number of β-amino-alcohol motifs (C(OH)–C–C–N with tert-alkyl or cyclic N) is 1. The normalized spacial score (nSPS) is 22.2. The Bertz CT molecular complexity index is 238. The average molecular weight is 229 g/mol. The minimum atomic E-state index is -0.927. The maximum Gasteiger partial charge on any atom is 0.306 e. The molecule has 0 amide bonds. The highest BCUT2D eigenvalue weighted by molar-refractivity contribution is 5.67. The third-order valence-corrected chi connectivity index (χ3v) is 3.90. The second kappa shape index (κ2) is 5.64. The first kappa shape index (κ1) is 13.5. The number of aliphatic hydroxyl groups excluding tert-OH is 1. The molecule has 0 aliphatic carbocycles. The van der Waals surface area contributed by atoms with Gasteiger partial charge in [-0.3, -0.25) is 4.79 Å². The van der Waals surface area contributed by atoms with Gasteiger partial charge in [-0.25, -0.2) is 0 Å². The van der Waals surface area contributed by atoms with Gasteiger partial charge in [0.15, 0.2) is 0 Å². The van der Waals surface area contributed by atoms with Crippen LogP contribution in [0.2, 0.25) is 0 Å². The molecule has 0 aromatic heterocycles. The van der Waals surface area contributed by atoms with Crippen LogP contribution in [0.15, 0.2) is 0 Å². The summed E-state index contributed by atoms with van der Waals surface area (Å²) in [5.41, 5.74) is 0.392. The molecule has 1 heterocycles. The summed E-state index contributed by atoms with van der Waals surface area (Å²) >= 11 is 0. The van der Waals surface area contributed by atoms with E-state index in [0.717, 1.165) is 25.9 Å². The van der Waals surface area contributed by atoms with Crippen molar-refractivity contribution < 1.29 is 15.0 Å². The Hall–Kier alpha value is -0.610. The summed E-state index contributed by atoms with van der Waals surface area (Å²) in [6.45, 7) is 6.89. The van der Waals surface area contributed by atoms with Gasteiger partial charge < -0.3 is 15.1 Å². The van der Waals surface area contributed by atoms with E-state index < -0.39 is 12.1 Å². The molecule has 1 atom stereocenters. The number of carbonyl (C=O) groups is 1. The minimum Gasteiger partial charge on any atom is -0.481 e. The summed E-state index contributed by atoms with van der Waals surface area (Å²) in [4.78, 5) is 12.6. The van der Waals surface area contributed by atoms with Crippen LogP contribution in [0, 0.1) is 5.41 Å². The largest absolute Gasteiger partial charge is 0.481 e. The highest BCUT2D eigenvalue weighted by Gasteiger charge is 2.35. The SMILES string of the molecule is CCC1(CC)CCN(CC(O)CC(=O)O)C1. The van der Waals surface area contributed by atoms with Crippen LogP contribution in [-0.2, 0) is 4.79 Å². The molecule has 0 bridgehead atoms. The third kappa shape index (κ3) is 3.46. The lowest BCUT2D eigenvalue weighted by atomic mass is 9.82. The average Bonchev–Trinajstić information content (AvgIpc) is 2.61. The van der Waals surface area contributed by atoms with Crippen molar-refractivity contribution in [3.63, 3.8) is 0 Å². The highest BCUT2D eigenvalue weighted by atomic mass is 16.4. The van der Waals surface area contributed by atoms with Crippen LogP contribution in [0.3, 0.4) is 0 Å². The molecule has 1 unspecified atom stereocenters. The van der Waals surface area contributed by atoms with E-state index >= 15 is 0 Å². The monoisotopic (exact) mass is 229 g/mol. The zero-order valence-corrected chi connectivity index (χ0v) is 10.3. The van der Waals surface area contributed by atoms with Crippen LogP contribution in [-0.4, -0.2) is 46.8 Å². The van der Waals surface area contributed by atoms with Crippen LogP contribution in [0.5, 0.6) is 0 Å². The fourth-order valence-corrected chi connectivity index (χ4v) is 2.57. The number of likely N-dealkylation sites (tertiary alicyclic amines) is 1. The molecule has 0 saturated carbocycles. The number of nitrogens with zero attached hydrogens (tertiary/aromatic N) is 1. The van der Waals surface area contributed by atoms with E-state index in [9.17, 15) is 9.90 Å². The van der Waals surface area contributed by atoms with Crippen LogP contribution >= 0.6 is 0 Å². The molecule has 1 aliphatic rings. The van der Waals surface area contributed by atoms with Crippen molar-refractivity contribution in [3.05, 3.63) is 0 Å². The van der Waals surface area contributed by atoms with Crippen molar-refractivity contribution in [2.24, 2.45) is 5.41 Å². The third-order valence-electron chi connectivity index (χ3n) is 3.90. The molecule has 0 aromatic carbocycles. The highest BCUT2D eigenvalue weighted by Crippen LogP contribution is 2.36. The Kier molecular flexibility index (Phi) is 4.74. The summed E-state index contributed by atoms with van der Waals surface area (Å²) in [5.74, 6) is -0.927. The van der Waals surface area contributed by atoms with Crippen LogP contribution in [0.1, 0.15) is 39.5 Å². The van der Waals surface area contributed by atoms with E-state index in [1.54, 1.807) is 0 Å². The molecule has 0 radical (unpaired) electrons. The van der Waals surface area contributed by atoms with Crippen molar-refractivity contribution in [3.8, 4) is 0 Å². The Morgan fingerprint density at radius 3 is 2.50 bits per heavy atom. The lowest BCUT2D eigenvalue weighted by Gasteiger charge is -2.27. The lowest BCUT2D eigenvalue weighted by Crippen LogP contribution is -2.34. The van der Waals surface area contributed by atoms with Crippen molar-refractivity contribution >= 4 is 5.97 Å². The number of hydrogen-bond donors (Lipinski definition) is 2. The zero-order chi connectivity index (χ0) is 12.2. The molecule has 16 heavy (non-hydrogen) atoms. The Morgan fingerprint density at radius 1 is 1.44 bits per heavy atom. The quantitative estimate of drug-likeness (QED) is 0.721. The van der Waals surface area contributed by atoms with E-state index in [2.05, 4.69) is 18.7 Å². The molecule has 1 aliphatic heterocycles. The molecule has 0 aromatic rings. The summed E-state index contributed by atoms with van der Waals surface area (Å²) in [6.07, 6.45) is 2.60. The van der Waals surface area contributed by atoms with E-state index in [-0.39, 0.29) is 6.42 Å². The van der Waals surface area contributed by atoms with Crippen molar-refractivity contribution in [1.82, 2.24) is 4.90 Å². The summed E-state index contributed by atoms with van der Waals surface area (Å²) in [7, 11) is 0. The molecular weight excluding hydrogens is 206 g/mol. The molecule has 1 saturated heterocycles. The number of aliphatic carboxylic acids is 1. The molecule has 1 fully saturated rings. The Balaban J connectivity index is 2.38. The topological polar surface area (TPSA) is 60.8 Å². The first-order valence-corrected chi connectivity index (χ1v) is 6.13. The second-order valence-electron chi connectivity index (χ2n) is 4.94. The Morgan fingerprint density at radius 2 is 2.06 bits per heavy atom. The smallest absolute Gasteiger partial charge is 0.306 e. The number of hydrogen-bond acceptors (Lipinski definition) is 3. The van der Waals surface area contributed by atoms with E-state index in [1.807, 2.05) is 0 Å². The van der Waals surface area contributed by atoms with Gasteiger partial charge in [0.1, 0.15) is 0 Å². The van der Waals surface area contributed by atoms with Gasteiger partial charge in [-0.2, -0.15) is 0 Å². The van der Waals surface area contributed by atoms with Crippen LogP contribution in [0.25, 0.3) is 0 Å². The number of carboxylic acids is 1. The van der Waals surface area contributed by atoms with E-state index in [1.165, 1.54) is 6.42 Å². The maximum atomic E-state index is 10.4. The minimum absolute atomic E-state index is 0.151. The lowest BCUT2D eigenvalue weighted by molar-refractivity contribution is -0.139. The molecule has 1 rings (SSSR count). The first-order valence-electron chi connectivity index (χ1n) is 6.13. The maximum absolute atomic E-state index is 10.4. The van der Waals surface area contributed by atoms with Gasteiger partial charge >= 0.3 is 5.97 Å². The summed E-state index contributed by atoms with van der Waals surface area (Å²) in [6, 6.07) is 0. The first-order chi connectivity index (χ1) is 7.51. The predicted octanol–water partition coefficient (Wildman–Crippen LogP) is 1.33. The number of carboxylic acid groups (broad SMARTS) is 1. The van der Waals surface area contributed by atoms with Crippen LogP contribution in [0.4, 0.5) is 0 Å². The van der Waals surface area contributed by atoms with Gasteiger partial charge in [-0.05, 0) is 31.2 Å². The number of rotatable bonds is 6. The molecule has 4 heteroatoms. The predicted molar refractivity (Wildman–Crippen MR) is 62.3 cm³/mol. The van der Waals surface area contributed by atoms with Gasteiger partial charge in [0, 0.05) is 13.1 Å². The molecule has 94 valence electrons. The van der Waals surface area contributed by atoms with Crippen molar-refractivity contribution in [1.29, 1.82) is 0 Å². The summed E-state index contributed by atoms with van der Waals surface area (Å²) < 4.78 is 0. The number of aliphatic hydroxyl groups is 1. The van der Waals surface area contributed by atoms with Crippen molar-refractivity contribution in [2.45, 2.75) is 45.6 Å². The Labute approximate surface area is 97.3 Å². The summed E-state index contributed by atoms with van der Waals surface area (Å²) in [5, 5.41) is 18.1. The molecule has 2 N–H and O–H groups in total. The van der Waals surface area contributed by atoms with E-state index in [0.29, 0.717) is 12.0 Å². The zero-order valence-electron chi connectivity index (χ0n) is 10.3. The van der Waals surface area contributed by atoms with E-state index in [4.69, 9.17) is 5.11 Å². The molecular formula is C12H23NO3. The standard InChI is InChI=1S/C12H23NO3/c1-3-12(4-2)5-6-13(9-12)8-10(14)7-11(15)16/h10,14H,3-9H2,1-2H3,(H,15,16). The fraction of sp³-hybridized carbons (Fsp3) is 0.917. The van der Waals surface area contributed by atoms with Crippen molar-refractivity contribution in [2.75, 3.05) is 19.6 Å². The van der Waals surface area contributed by atoms with Gasteiger partial charge in [-0.1, -0.05) is 13.8 Å². The van der Waals surface area contributed by atoms with Crippen LogP contribution < -0.4 is 0 Å². The van der Waals surface area contributed by atoms with Gasteiger partial charge in [-0.15, -0.1) is 0 Å².